The Kier molecular flexibility index (Phi) is 8.11. The standard InChI is InChI=1S/C17H30N2O3Si/c1-5-13-23(20-4,22-17(18,19)7-3)21-16(6-2)14-15-11-9-8-10-12-15/h6,8-12,16H,2,5,7,13-14,18-19H2,1,3-4H3. The smallest absolute Gasteiger partial charge is 0.377 e. The summed E-state index contributed by atoms with van der Waals surface area (Å²) in [4.78, 5) is 0. The minimum atomic E-state index is -2.99. The third kappa shape index (κ3) is 6.54. The predicted molar refractivity (Wildman–Crippen MR) is 95.6 cm³/mol. The quantitative estimate of drug-likeness (QED) is 0.368. The summed E-state index contributed by atoms with van der Waals surface area (Å²) in [5.41, 5.74) is 13.1. The van der Waals surface area contributed by atoms with E-state index < -0.39 is 14.7 Å². The van der Waals surface area contributed by atoms with Crippen molar-refractivity contribution in [2.24, 2.45) is 11.5 Å². The van der Waals surface area contributed by atoms with Gasteiger partial charge in [0.2, 0.25) is 0 Å². The van der Waals surface area contributed by atoms with Gasteiger partial charge >= 0.3 is 8.80 Å². The number of nitrogens with two attached hydrogens (primary N) is 2. The first-order valence-corrected chi connectivity index (χ1v) is 10.0. The lowest BCUT2D eigenvalue weighted by Crippen LogP contribution is -2.62. The first-order valence-electron chi connectivity index (χ1n) is 8.07. The number of benzene rings is 1. The van der Waals surface area contributed by atoms with Gasteiger partial charge in [0.1, 0.15) is 0 Å². The topological polar surface area (TPSA) is 79.7 Å². The van der Waals surface area contributed by atoms with Crippen LogP contribution in [0.2, 0.25) is 6.04 Å². The monoisotopic (exact) mass is 338 g/mol. The van der Waals surface area contributed by atoms with Gasteiger partial charge in [-0.25, -0.2) is 0 Å². The second-order valence-electron chi connectivity index (χ2n) is 5.63. The van der Waals surface area contributed by atoms with Crippen molar-refractivity contribution in [3.8, 4) is 0 Å². The van der Waals surface area contributed by atoms with Gasteiger partial charge < -0.3 is 13.3 Å². The van der Waals surface area contributed by atoms with Gasteiger partial charge in [0, 0.05) is 26.0 Å². The molecule has 2 unspecified atom stereocenters. The molecule has 0 aliphatic rings. The molecule has 130 valence electrons. The second kappa shape index (κ2) is 9.32. The van der Waals surface area contributed by atoms with E-state index in [1.165, 1.54) is 0 Å². The highest BCUT2D eigenvalue weighted by atomic mass is 28.4. The van der Waals surface area contributed by atoms with Crippen molar-refractivity contribution in [1.29, 1.82) is 0 Å². The minimum absolute atomic E-state index is 0.219. The average Bonchev–Trinajstić information content (AvgIpc) is 2.55. The first kappa shape index (κ1) is 20.0. The third-order valence-electron chi connectivity index (χ3n) is 3.64. The van der Waals surface area contributed by atoms with E-state index in [4.69, 9.17) is 24.7 Å². The van der Waals surface area contributed by atoms with E-state index >= 15 is 0 Å². The van der Waals surface area contributed by atoms with Crippen LogP contribution in [-0.2, 0) is 19.7 Å². The molecule has 1 aromatic rings. The fourth-order valence-corrected chi connectivity index (χ4v) is 4.87. The Hall–Kier alpha value is -1.02. The summed E-state index contributed by atoms with van der Waals surface area (Å²) < 4.78 is 17.8. The van der Waals surface area contributed by atoms with E-state index in [9.17, 15) is 0 Å². The molecule has 0 heterocycles. The van der Waals surface area contributed by atoms with E-state index in [1.807, 2.05) is 32.0 Å². The molecule has 0 bridgehead atoms. The number of hydrogen-bond donors (Lipinski definition) is 2. The Morgan fingerprint density at radius 3 is 2.39 bits per heavy atom. The van der Waals surface area contributed by atoms with Crippen LogP contribution in [0.1, 0.15) is 32.3 Å². The molecule has 2 atom stereocenters. The maximum Gasteiger partial charge on any atom is 0.503 e. The maximum atomic E-state index is 6.23. The molecule has 23 heavy (non-hydrogen) atoms. The normalized spacial score (nSPS) is 15.9. The summed E-state index contributed by atoms with van der Waals surface area (Å²) in [6, 6.07) is 10.7. The van der Waals surface area contributed by atoms with Crippen molar-refractivity contribution in [1.82, 2.24) is 0 Å². The van der Waals surface area contributed by atoms with Crippen LogP contribution in [-0.4, -0.2) is 27.9 Å². The zero-order chi connectivity index (χ0) is 17.3. The molecule has 0 aliphatic heterocycles. The SMILES string of the molecule is C=CC(Cc1ccccc1)O[Si](CCC)(OC)OC(N)(N)CC. The van der Waals surface area contributed by atoms with Crippen molar-refractivity contribution < 1.29 is 13.3 Å². The molecular formula is C17H30N2O3Si. The summed E-state index contributed by atoms with van der Waals surface area (Å²) in [6.07, 6.45) is 3.57. The van der Waals surface area contributed by atoms with Crippen LogP contribution in [0.25, 0.3) is 0 Å². The lowest BCUT2D eigenvalue weighted by Gasteiger charge is -2.37. The maximum absolute atomic E-state index is 6.23. The Labute approximate surface area is 141 Å². The van der Waals surface area contributed by atoms with E-state index in [1.54, 1.807) is 13.2 Å². The highest BCUT2D eigenvalue weighted by Crippen LogP contribution is 2.24. The van der Waals surface area contributed by atoms with Crippen molar-refractivity contribution in [3.63, 3.8) is 0 Å². The summed E-state index contributed by atoms with van der Waals surface area (Å²) in [5.74, 6) is -1.25. The molecule has 0 aliphatic carbocycles. The molecule has 0 spiro atoms. The van der Waals surface area contributed by atoms with Gasteiger partial charge in [-0.05, 0) is 5.56 Å². The lowest BCUT2D eigenvalue weighted by molar-refractivity contribution is -0.0300. The van der Waals surface area contributed by atoms with Gasteiger partial charge in [-0.2, -0.15) is 0 Å². The first-order chi connectivity index (χ1) is 10.9. The highest BCUT2D eigenvalue weighted by Gasteiger charge is 2.45. The van der Waals surface area contributed by atoms with Gasteiger partial charge in [0.15, 0.2) is 5.85 Å². The van der Waals surface area contributed by atoms with Crippen LogP contribution < -0.4 is 11.5 Å². The molecule has 1 rings (SSSR count). The van der Waals surface area contributed by atoms with Crippen LogP contribution in [0.4, 0.5) is 0 Å². The summed E-state index contributed by atoms with van der Waals surface area (Å²) >= 11 is 0. The molecular weight excluding hydrogens is 308 g/mol. The summed E-state index contributed by atoms with van der Waals surface area (Å²) in [7, 11) is -1.39. The van der Waals surface area contributed by atoms with E-state index in [0.717, 1.165) is 12.0 Å². The lowest BCUT2D eigenvalue weighted by atomic mass is 10.1. The van der Waals surface area contributed by atoms with Crippen LogP contribution >= 0.6 is 0 Å². The van der Waals surface area contributed by atoms with Gasteiger partial charge in [-0.1, -0.05) is 56.7 Å². The average molecular weight is 339 g/mol. The van der Waals surface area contributed by atoms with Gasteiger partial charge in [-0.3, -0.25) is 11.5 Å². The molecule has 1 aromatic carbocycles. The molecule has 4 N–H and O–H groups in total. The van der Waals surface area contributed by atoms with Crippen LogP contribution in [0.15, 0.2) is 43.0 Å². The van der Waals surface area contributed by atoms with Crippen LogP contribution in [0.5, 0.6) is 0 Å². The van der Waals surface area contributed by atoms with Crippen LogP contribution in [0, 0.1) is 0 Å². The van der Waals surface area contributed by atoms with Crippen molar-refractivity contribution >= 4 is 8.80 Å². The molecule has 5 nitrogen and oxygen atoms in total. The number of hydrogen-bond acceptors (Lipinski definition) is 5. The third-order valence-corrected chi connectivity index (χ3v) is 6.73. The van der Waals surface area contributed by atoms with Gasteiger partial charge in [0.05, 0.1) is 6.10 Å². The zero-order valence-corrected chi connectivity index (χ0v) is 15.5. The molecule has 0 saturated carbocycles. The molecule has 0 saturated heterocycles. The van der Waals surface area contributed by atoms with E-state index in [0.29, 0.717) is 18.9 Å². The molecule has 6 heteroatoms. The molecule has 0 amide bonds. The fraction of sp³-hybridized carbons (Fsp3) is 0.529. The highest BCUT2D eigenvalue weighted by molar-refractivity contribution is 6.60. The minimum Gasteiger partial charge on any atom is -0.377 e. The van der Waals surface area contributed by atoms with Crippen molar-refractivity contribution in [2.45, 2.75) is 51.1 Å². The summed E-state index contributed by atoms with van der Waals surface area (Å²) in [6.45, 7) is 7.80. The zero-order valence-electron chi connectivity index (χ0n) is 14.5. The Bertz CT molecular complexity index is 470. The largest absolute Gasteiger partial charge is 0.503 e. The Balaban J connectivity index is 2.90. The molecule has 0 aromatic heterocycles. The van der Waals surface area contributed by atoms with Crippen LogP contribution in [0.3, 0.4) is 0 Å². The van der Waals surface area contributed by atoms with Crippen molar-refractivity contribution in [3.05, 3.63) is 48.6 Å². The Morgan fingerprint density at radius 1 is 1.26 bits per heavy atom. The number of rotatable bonds is 11. The van der Waals surface area contributed by atoms with Gasteiger partial charge in [-0.15, -0.1) is 6.58 Å². The van der Waals surface area contributed by atoms with E-state index in [-0.39, 0.29) is 6.10 Å². The van der Waals surface area contributed by atoms with E-state index in [2.05, 4.69) is 18.7 Å². The molecule has 0 fully saturated rings. The Morgan fingerprint density at radius 2 is 1.91 bits per heavy atom. The molecule has 0 radical (unpaired) electrons. The summed E-state index contributed by atoms with van der Waals surface area (Å²) in [5, 5.41) is 0. The van der Waals surface area contributed by atoms with Gasteiger partial charge in [0.25, 0.3) is 0 Å². The fourth-order valence-electron chi connectivity index (χ4n) is 2.24. The second-order valence-corrected chi connectivity index (χ2v) is 8.34. The van der Waals surface area contributed by atoms with Crippen molar-refractivity contribution in [2.75, 3.05) is 7.11 Å². The predicted octanol–water partition coefficient (Wildman–Crippen LogP) is 2.79.